The summed E-state index contributed by atoms with van der Waals surface area (Å²) in [4.78, 5) is 11.5. The second-order valence-electron chi connectivity index (χ2n) is 4.28. The fraction of sp³-hybridized carbons (Fsp3) is 0.750. The lowest BCUT2D eigenvalue weighted by molar-refractivity contribution is 0.275. The van der Waals surface area contributed by atoms with Gasteiger partial charge >= 0.3 is 0 Å². The van der Waals surface area contributed by atoms with Gasteiger partial charge in [-0.05, 0) is 31.9 Å². The van der Waals surface area contributed by atoms with Gasteiger partial charge in [-0.3, -0.25) is 4.79 Å². The maximum atomic E-state index is 11.5. The van der Waals surface area contributed by atoms with Crippen molar-refractivity contribution in [1.82, 2.24) is 0 Å². The van der Waals surface area contributed by atoms with Crippen molar-refractivity contribution in [3.63, 3.8) is 0 Å². The largest absolute Gasteiger partial charge is 0.274 e. The predicted octanol–water partition coefficient (Wildman–Crippen LogP) is 4.73. The fourth-order valence-electron chi connectivity index (χ4n) is 2.19. The quantitative estimate of drug-likeness (QED) is 0.668. The Morgan fingerprint density at radius 3 is 2.47 bits per heavy atom. The van der Waals surface area contributed by atoms with Crippen molar-refractivity contribution in [3.05, 3.63) is 12.7 Å². The van der Waals surface area contributed by atoms with Gasteiger partial charge in [0, 0.05) is 4.75 Å². The Kier molecular flexibility index (Phi) is 5.27. The first-order chi connectivity index (χ1) is 7.12. The minimum Gasteiger partial charge on any atom is -0.274 e. The van der Waals surface area contributed by atoms with E-state index in [1.165, 1.54) is 55.6 Å². The second-order valence-corrected chi connectivity index (χ2v) is 6.77. The van der Waals surface area contributed by atoms with Crippen LogP contribution in [0.3, 0.4) is 0 Å². The van der Waals surface area contributed by atoms with Gasteiger partial charge in [-0.1, -0.05) is 48.9 Å². The third-order valence-electron chi connectivity index (χ3n) is 3.29. The molecular formula is C12H20OS2. The van der Waals surface area contributed by atoms with Crippen LogP contribution in [0.1, 0.15) is 39.0 Å². The summed E-state index contributed by atoms with van der Waals surface area (Å²) in [5.74, 6) is 0.629. The Labute approximate surface area is 101 Å². The standard InChI is InChI=1S/C12H20OS2/c1-4-12(2,15-11(13)14-3)10-8-6-5-7-9-10/h4,10H,1,5-9H2,2-3H3. The fourth-order valence-corrected chi connectivity index (χ4v) is 3.91. The summed E-state index contributed by atoms with van der Waals surface area (Å²) in [6, 6.07) is 0. The predicted molar refractivity (Wildman–Crippen MR) is 71.7 cm³/mol. The van der Waals surface area contributed by atoms with Crippen LogP contribution in [-0.4, -0.2) is 15.5 Å². The average molecular weight is 244 g/mol. The highest BCUT2D eigenvalue weighted by Gasteiger charge is 2.34. The normalized spacial score (nSPS) is 22.0. The monoisotopic (exact) mass is 244 g/mol. The molecule has 1 nitrogen and oxygen atoms in total. The third kappa shape index (κ3) is 3.56. The van der Waals surface area contributed by atoms with Crippen LogP contribution < -0.4 is 0 Å². The van der Waals surface area contributed by atoms with Gasteiger partial charge in [-0.25, -0.2) is 0 Å². The zero-order valence-electron chi connectivity index (χ0n) is 9.62. The number of hydrogen-bond acceptors (Lipinski definition) is 3. The third-order valence-corrected chi connectivity index (χ3v) is 5.48. The maximum absolute atomic E-state index is 11.5. The highest BCUT2D eigenvalue weighted by Crippen LogP contribution is 2.43. The van der Waals surface area contributed by atoms with Crippen LogP contribution in [0.15, 0.2) is 12.7 Å². The first-order valence-corrected chi connectivity index (χ1v) is 7.57. The summed E-state index contributed by atoms with van der Waals surface area (Å²) in [5.41, 5.74) is 0. The Balaban J connectivity index is 2.64. The number of carbonyl (C=O) groups is 1. The molecule has 0 radical (unpaired) electrons. The van der Waals surface area contributed by atoms with E-state index in [-0.39, 0.29) is 9.19 Å². The SMILES string of the molecule is C=CC(C)(SC(=O)SC)C1CCCCC1. The molecule has 0 bridgehead atoms. The Morgan fingerprint density at radius 1 is 1.40 bits per heavy atom. The van der Waals surface area contributed by atoms with Crippen molar-refractivity contribution in [2.24, 2.45) is 5.92 Å². The van der Waals surface area contributed by atoms with Crippen molar-refractivity contribution < 1.29 is 4.79 Å². The second kappa shape index (κ2) is 6.00. The molecule has 3 heteroatoms. The van der Waals surface area contributed by atoms with Crippen LogP contribution in [0.25, 0.3) is 0 Å². The van der Waals surface area contributed by atoms with Crippen LogP contribution in [0.4, 0.5) is 4.79 Å². The molecule has 1 fully saturated rings. The number of hydrogen-bond donors (Lipinski definition) is 0. The first kappa shape index (κ1) is 13.2. The number of carbonyl (C=O) groups excluding carboxylic acids is 1. The highest BCUT2D eigenvalue weighted by atomic mass is 32.2. The molecule has 0 aromatic carbocycles. The van der Waals surface area contributed by atoms with Crippen molar-refractivity contribution in [1.29, 1.82) is 0 Å². The lowest BCUT2D eigenvalue weighted by Gasteiger charge is -2.36. The van der Waals surface area contributed by atoms with Gasteiger partial charge in [0.05, 0.1) is 0 Å². The molecule has 1 rings (SSSR count). The first-order valence-electron chi connectivity index (χ1n) is 5.53. The van der Waals surface area contributed by atoms with Crippen LogP contribution in [0.5, 0.6) is 0 Å². The molecule has 0 aromatic rings. The minimum atomic E-state index is -0.0550. The summed E-state index contributed by atoms with van der Waals surface area (Å²) in [6.45, 7) is 6.07. The van der Waals surface area contributed by atoms with Gasteiger partial charge < -0.3 is 0 Å². The van der Waals surface area contributed by atoms with Gasteiger partial charge in [0.15, 0.2) is 0 Å². The summed E-state index contributed by atoms with van der Waals surface area (Å²) in [5, 5.41) is 0. The van der Waals surface area contributed by atoms with Gasteiger partial charge in [-0.2, -0.15) is 0 Å². The molecule has 1 atom stereocenters. The maximum Gasteiger partial charge on any atom is 0.246 e. The van der Waals surface area contributed by atoms with Gasteiger partial charge in [0.1, 0.15) is 0 Å². The Morgan fingerprint density at radius 2 is 2.00 bits per heavy atom. The smallest absolute Gasteiger partial charge is 0.246 e. The average Bonchev–Trinajstić information content (AvgIpc) is 2.30. The molecule has 0 heterocycles. The molecule has 15 heavy (non-hydrogen) atoms. The van der Waals surface area contributed by atoms with Crippen LogP contribution in [0, 0.1) is 5.92 Å². The van der Waals surface area contributed by atoms with E-state index in [1.54, 1.807) is 0 Å². The van der Waals surface area contributed by atoms with Gasteiger partial charge in [0.2, 0.25) is 4.45 Å². The van der Waals surface area contributed by atoms with Gasteiger partial charge in [0.25, 0.3) is 0 Å². The molecule has 86 valence electrons. The van der Waals surface area contributed by atoms with E-state index in [0.717, 1.165) is 0 Å². The van der Waals surface area contributed by atoms with Crippen molar-refractivity contribution >= 4 is 28.0 Å². The van der Waals surface area contributed by atoms with Crippen molar-refractivity contribution in [2.45, 2.75) is 43.8 Å². The Hall–Kier alpha value is 0.110. The van der Waals surface area contributed by atoms with E-state index in [0.29, 0.717) is 5.92 Å². The van der Waals surface area contributed by atoms with Crippen LogP contribution in [-0.2, 0) is 0 Å². The van der Waals surface area contributed by atoms with E-state index in [4.69, 9.17) is 0 Å². The highest BCUT2D eigenvalue weighted by molar-refractivity contribution is 8.38. The summed E-state index contributed by atoms with van der Waals surface area (Å²) in [6.07, 6.45) is 10.3. The number of rotatable bonds is 3. The van der Waals surface area contributed by atoms with E-state index in [2.05, 4.69) is 13.5 Å². The zero-order valence-corrected chi connectivity index (χ0v) is 11.3. The molecule has 0 N–H and O–H groups in total. The van der Waals surface area contributed by atoms with E-state index >= 15 is 0 Å². The molecule has 0 spiro atoms. The zero-order chi connectivity index (χ0) is 11.3. The van der Waals surface area contributed by atoms with Crippen molar-refractivity contribution in [2.75, 3.05) is 6.26 Å². The van der Waals surface area contributed by atoms with E-state index < -0.39 is 0 Å². The summed E-state index contributed by atoms with van der Waals surface area (Å²) < 4.78 is 0.156. The molecule has 1 aliphatic rings. The van der Waals surface area contributed by atoms with Crippen LogP contribution >= 0.6 is 23.5 Å². The molecule has 0 amide bonds. The van der Waals surface area contributed by atoms with Crippen molar-refractivity contribution in [3.8, 4) is 0 Å². The van der Waals surface area contributed by atoms with E-state index in [9.17, 15) is 4.79 Å². The molecule has 0 saturated heterocycles. The molecule has 1 saturated carbocycles. The molecule has 1 unspecified atom stereocenters. The lowest BCUT2D eigenvalue weighted by Crippen LogP contribution is -2.31. The topological polar surface area (TPSA) is 17.1 Å². The molecule has 0 aromatic heterocycles. The minimum absolute atomic E-state index is 0.0550. The van der Waals surface area contributed by atoms with Gasteiger partial charge in [-0.15, -0.1) is 6.58 Å². The lowest BCUT2D eigenvalue weighted by atomic mass is 9.80. The molecule has 1 aliphatic carbocycles. The summed E-state index contributed by atoms with van der Waals surface area (Å²) in [7, 11) is 0. The molecular weight excluding hydrogens is 224 g/mol. The summed E-state index contributed by atoms with van der Waals surface area (Å²) >= 11 is 2.77. The van der Waals surface area contributed by atoms with E-state index in [1.807, 2.05) is 12.3 Å². The Bertz CT molecular complexity index is 234. The number of thioether (sulfide) groups is 2. The van der Waals surface area contributed by atoms with Crippen LogP contribution in [0.2, 0.25) is 0 Å². The molecule has 0 aliphatic heterocycles.